The predicted molar refractivity (Wildman–Crippen MR) is 197 cm³/mol. The van der Waals surface area contributed by atoms with Crippen LogP contribution in [0.4, 0.5) is 34.1 Å². The number of fused-ring (bicyclic) bond motifs is 2. The number of hydrogen-bond donors (Lipinski definition) is 3. The Morgan fingerprint density at radius 3 is 2.51 bits per heavy atom. The number of benzene rings is 3. The minimum Gasteiger partial charge on any atom is -0.397 e. The predicted octanol–water partition coefficient (Wildman–Crippen LogP) is 7.11. The molecule has 3 aromatic carbocycles. The lowest BCUT2D eigenvalue weighted by atomic mass is 9.96. The standard InChI is InChI=1S/C38H44ClF3N8O3/c1-47-15-10-24(11-16-47)23-50-33-9-5-4-8-31(33)44-35(50)32(22-25-20-28(38(40,41)42)34(43)29(39)21-25)46-37(52)53-48-17-13-27(14-18-48)49-19-12-26-6-2-3-7-30(26)45-36(49)51/h2-9,20-21,24,27,32H,10-19,22-23,43H2,1H3,(H,45,51)(H,46,52). The van der Waals surface area contributed by atoms with Crippen LogP contribution in [0.25, 0.3) is 11.0 Å². The Kier molecular flexibility index (Phi) is 10.7. The summed E-state index contributed by atoms with van der Waals surface area (Å²) in [5, 5.41) is 7.31. The first-order valence-corrected chi connectivity index (χ1v) is 18.5. The maximum absolute atomic E-state index is 14.0. The van der Waals surface area contributed by atoms with Gasteiger partial charge in [0.25, 0.3) is 0 Å². The van der Waals surface area contributed by atoms with E-state index in [2.05, 4.69) is 27.1 Å². The Morgan fingerprint density at radius 1 is 1.04 bits per heavy atom. The first-order chi connectivity index (χ1) is 25.4. The zero-order chi connectivity index (χ0) is 37.3. The van der Waals surface area contributed by atoms with Crippen molar-refractivity contribution >= 4 is 46.1 Å². The van der Waals surface area contributed by atoms with Crippen LogP contribution in [0.2, 0.25) is 5.02 Å². The van der Waals surface area contributed by atoms with Gasteiger partial charge < -0.3 is 35.6 Å². The summed E-state index contributed by atoms with van der Waals surface area (Å²) in [6.07, 6.45) is -1.65. The van der Waals surface area contributed by atoms with Crippen molar-refractivity contribution in [1.82, 2.24) is 29.7 Å². The number of carbonyl (C=O) groups excluding carboxylic acids is 2. The van der Waals surface area contributed by atoms with E-state index in [1.165, 1.54) is 6.07 Å². The molecule has 1 unspecified atom stereocenters. The number of nitrogen functional groups attached to an aromatic ring is 1. The normalized spacial score (nSPS) is 18.7. The van der Waals surface area contributed by atoms with Gasteiger partial charge in [0.05, 0.1) is 33.3 Å². The van der Waals surface area contributed by atoms with Gasteiger partial charge in [0.2, 0.25) is 0 Å². The highest BCUT2D eigenvalue weighted by atomic mass is 35.5. The van der Waals surface area contributed by atoms with E-state index in [9.17, 15) is 22.8 Å². The molecule has 4 aromatic rings. The molecule has 0 saturated carbocycles. The molecule has 0 radical (unpaired) electrons. The molecule has 15 heteroatoms. The van der Waals surface area contributed by atoms with Crippen molar-refractivity contribution in [3.63, 3.8) is 0 Å². The summed E-state index contributed by atoms with van der Waals surface area (Å²) in [6.45, 7) is 3.93. The van der Waals surface area contributed by atoms with E-state index < -0.39 is 29.6 Å². The van der Waals surface area contributed by atoms with Crippen LogP contribution >= 0.6 is 11.6 Å². The number of para-hydroxylation sites is 3. The van der Waals surface area contributed by atoms with E-state index in [0.29, 0.717) is 56.3 Å². The lowest BCUT2D eigenvalue weighted by Crippen LogP contribution is -2.49. The number of anilines is 2. The average Bonchev–Trinajstić information content (AvgIpc) is 3.39. The van der Waals surface area contributed by atoms with Crippen LogP contribution in [0.3, 0.4) is 0 Å². The summed E-state index contributed by atoms with van der Waals surface area (Å²) >= 11 is 6.24. The van der Waals surface area contributed by atoms with Gasteiger partial charge in [0.15, 0.2) is 0 Å². The molecular formula is C38H44ClF3N8O3. The third kappa shape index (κ3) is 8.34. The van der Waals surface area contributed by atoms with E-state index in [0.717, 1.165) is 55.2 Å². The zero-order valence-corrected chi connectivity index (χ0v) is 30.3. The fourth-order valence-corrected chi connectivity index (χ4v) is 8.03. The van der Waals surface area contributed by atoms with E-state index in [4.69, 9.17) is 27.2 Å². The van der Waals surface area contributed by atoms with Crippen LogP contribution in [-0.2, 0) is 30.4 Å². The van der Waals surface area contributed by atoms with Crippen LogP contribution in [-0.4, -0.2) is 82.4 Å². The number of rotatable bonds is 8. The number of amides is 3. The van der Waals surface area contributed by atoms with E-state index >= 15 is 0 Å². The second kappa shape index (κ2) is 15.4. The summed E-state index contributed by atoms with van der Waals surface area (Å²) in [6, 6.07) is 16.8. The van der Waals surface area contributed by atoms with Crippen molar-refractivity contribution in [2.45, 2.75) is 63.3 Å². The first-order valence-electron chi connectivity index (χ1n) is 18.1. The zero-order valence-electron chi connectivity index (χ0n) is 29.5. The van der Waals surface area contributed by atoms with Crippen molar-refractivity contribution in [2.24, 2.45) is 5.92 Å². The summed E-state index contributed by atoms with van der Waals surface area (Å²) in [5.74, 6) is 0.857. The van der Waals surface area contributed by atoms with Crippen molar-refractivity contribution in [1.29, 1.82) is 0 Å². The van der Waals surface area contributed by atoms with Gasteiger partial charge >= 0.3 is 18.3 Å². The highest BCUT2D eigenvalue weighted by Gasteiger charge is 2.36. The largest absolute Gasteiger partial charge is 0.426 e. The Morgan fingerprint density at radius 2 is 1.75 bits per heavy atom. The Balaban J connectivity index is 1.10. The third-order valence-electron chi connectivity index (χ3n) is 10.7. The second-order valence-corrected chi connectivity index (χ2v) is 14.7. The molecule has 0 spiro atoms. The van der Waals surface area contributed by atoms with E-state index in [1.807, 2.05) is 53.4 Å². The lowest BCUT2D eigenvalue weighted by molar-refractivity contribution is -0.137. The number of alkyl halides is 3. The number of hydroxylamine groups is 2. The Bertz CT molecular complexity index is 1960. The van der Waals surface area contributed by atoms with Gasteiger partial charge in [-0.15, -0.1) is 5.06 Å². The van der Waals surface area contributed by atoms with Gasteiger partial charge in [-0.05, 0) is 99.6 Å². The second-order valence-electron chi connectivity index (χ2n) is 14.3. The van der Waals surface area contributed by atoms with Crippen molar-refractivity contribution in [2.75, 3.05) is 50.8 Å². The minimum absolute atomic E-state index is 0.0300. The molecule has 0 aliphatic carbocycles. The molecule has 1 aromatic heterocycles. The van der Waals surface area contributed by atoms with Crippen molar-refractivity contribution in [3.8, 4) is 0 Å². The number of imidazole rings is 1. The number of aromatic nitrogens is 2. The smallest absolute Gasteiger partial charge is 0.397 e. The fraction of sp³-hybridized carbons (Fsp3) is 0.447. The molecule has 1 atom stereocenters. The minimum atomic E-state index is -4.73. The molecule has 2 saturated heterocycles. The van der Waals surface area contributed by atoms with Crippen LogP contribution < -0.4 is 16.4 Å². The molecule has 3 aliphatic heterocycles. The lowest BCUT2D eigenvalue weighted by Gasteiger charge is -2.37. The number of carbonyl (C=O) groups is 2. The number of hydrogen-bond acceptors (Lipinski definition) is 7. The number of halogens is 4. The Hall–Kier alpha value is -4.53. The summed E-state index contributed by atoms with van der Waals surface area (Å²) in [5.41, 5.74) is 7.90. The third-order valence-corrected chi connectivity index (χ3v) is 11.0. The molecule has 4 heterocycles. The summed E-state index contributed by atoms with van der Waals surface area (Å²) in [4.78, 5) is 41.7. The molecule has 53 heavy (non-hydrogen) atoms. The maximum Gasteiger partial charge on any atom is 0.426 e. The van der Waals surface area contributed by atoms with Crippen molar-refractivity contribution < 1.29 is 27.6 Å². The number of urea groups is 1. The fourth-order valence-electron chi connectivity index (χ4n) is 7.79. The van der Waals surface area contributed by atoms with Gasteiger partial charge in [-0.1, -0.05) is 41.9 Å². The van der Waals surface area contributed by atoms with Crippen LogP contribution in [0.1, 0.15) is 54.2 Å². The molecule has 7 rings (SSSR count). The Labute approximate surface area is 311 Å². The topological polar surface area (TPSA) is 121 Å². The number of nitrogens with zero attached hydrogens (tertiary/aromatic N) is 5. The molecule has 0 bridgehead atoms. The molecule has 11 nitrogen and oxygen atoms in total. The number of nitrogens with two attached hydrogens (primary N) is 1. The molecular weight excluding hydrogens is 709 g/mol. The number of likely N-dealkylation sites (tertiary alicyclic amines) is 1. The molecule has 282 valence electrons. The van der Waals surface area contributed by atoms with E-state index in [-0.39, 0.29) is 29.1 Å². The SMILES string of the molecule is CN1CCC(Cn2c(C(Cc3cc(Cl)c(N)c(C(F)(F)F)c3)NC(=O)ON3CCC(N4CCc5ccccc5NC4=O)CC3)nc3ccccc32)CC1. The number of nitrogens with one attached hydrogen (secondary N) is 2. The van der Waals surface area contributed by atoms with Gasteiger partial charge in [-0.3, -0.25) is 0 Å². The highest BCUT2D eigenvalue weighted by Crippen LogP contribution is 2.39. The monoisotopic (exact) mass is 752 g/mol. The quantitative estimate of drug-likeness (QED) is 0.164. The summed E-state index contributed by atoms with van der Waals surface area (Å²) in [7, 11) is 2.10. The molecule has 2 fully saturated rings. The number of piperidine rings is 2. The first kappa shape index (κ1) is 36.8. The molecule has 3 amide bonds. The van der Waals surface area contributed by atoms with Gasteiger partial charge in [0, 0.05) is 44.3 Å². The summed E-state index contributed by atoms with van der Waals surface area (Å²) < 4.78 is 44.1. The maximum atomic E-state index is 14.0. The van der Waals surface area contributed by atoms with Crippen LogP contribution in [0, 0.1) is 5.92 Å². The molecule has 3 aliphatic rings. The van der Waals surface area contributed by atoms with Gasteiger partial charge in [0.1, 0.15) is 5.82 Å². The van der Waals surface area contributed by atoms with Crippen molar-refractivity contribution in [3.05, 3.63) is 88.2 Å². The van der Waals surface area contributed by atoms with Crippen LogP contribution in [0.15, 0.2) is 60.7 Å². The van der Waals surface area contributed by atoms with Gasteiger partial charge in [-0.2, -0.15) is 13.2 Å². The van der Waals surface area contributed by atoms with E-state index in [1.54, 1.807) is 5.06 Å². The molecule has 4 N–H and O–H groups in total. The van der Waals surface area contributed by atoms with Crippen LogP contribution in [0.5, 0.6) is 0 Å². The van der Waals surface area contributed by atoms with Gasteiger partial charge in [-0.25, -0.2) is 14.6 Å². The average molecular weight is 753 g/mol. The highest BCUT2D eigenvalue weighted by molar-refractivity contribution is 6.33.